The zero-order valence-electron chi connectivity index (χ0n) is 9.04. The van der Waals surface area contributed by atoms with Gasteiger partial charge in [0.05, 0.1) is 6.61 Å². The van der Waals surface area contributed by atoms with Crippen LogP contribution in [0.1, 0.15) is 6.42 Å². The summed E-state index contributed by atoms with van der Waals surface area (Å²) in [5.74, 6) is -2.96. The summed E-state index contributed by atoms with van der Waals surface area (Å²) in [6, 6.07) is 0. The Balaban J connectivity index is 0. The van der Waals surface area contributed by atoms with Crippen LogP contribution in [0.3, 0.4) is 0 Å². The number of carbonyl (C=O) groups excluding carboxylic acids is 1. The van der Waals surface area contributed by atoms with Crippen molar-refractivity contribution in [3.63, 3.8) is 0 Å². The van der Waals surface area contributed by atoms with Gasteiger partial charge in [-0.25, -0.2) is 14.4 Å². The molecule has 0 saturated carbocycles. The second kappa shape index (κ2) is 11.9. The van der Waals surface area contributed by atoms with Crippen molar-refractivity contribution in [1.82, 2.24) is 0 Å². The molecule has 0 aromatic heterocycles. The van der Waals surface area contributed by atoms with Crippen LogP contribution in [0.5, 0.6) is 0 Å². The third-order valence-electron chi connectivity index (χ3n) is 1.08. The minimum atomic E-state index is -1.26. The number of carbonyl (C=O) groups is 3. The van der Waals surface area contributed by atoms with E-state index in [-0.39, 0.29) is 13.2 Å². The van der Waals surface area contributed by atoms with Gasteiger partial charge in [0.15, 0.2) is 0 Å². The van der Waals surface area contributed by atoms with Crippen molar-refractivity contribution in [2.24, 2.45) is 0 Å². The lowest BCUT2D eigenvalue weighted by Crippen LogP contribution is -2.02. The van der Waals surface area contributed by atoms with Gasteiger partial charge in [0.25, 0.3) is 0 Å². The lowest BCUT2D eigenvalue weighted by molar-refractivity contribution is -0.138. The fraction of sp³-hybridized carbons (Fsp3) is 0.300. The fourth-order valence-electron chi connectivity index (χ4n) is 0.439. The van der Waals surface area contributed by atoms with E-state index in [4.69, 9.17) is 15.3 Å². The Kier molecular flexibility index (Phi) is 12.1. The molecule has 7 heteroatoms. The van der Waals surface area contributed by atoms with E-state index in [0.29, 0.717) is 18.6 Å². The predicted molar refractivity (Wildman–Crippen MR) is 57.3 cm³/mol. The smallest absolute Gasteiger partial charge is 0.330 e. The largest absolute Gasteiger partial charge is 0.478 e. The molecule has 0 aliphatic rings. The van der Waals surface area contributed by atoms with Crippen LogP contribution in [-0.2, 0) is 19.1 Å². The van der Waals surface area contributed by atoms with Crippen molar-refractivity contribution in [3.05, 3.63) is 24.8 Å². The number of carboxylic acid groups (broad SMARTS) is 2. The van der Waals surface area contributed by atoms with E-state index in [1.54, 1.807) is 0 Å². The summed E-state index contributed by atoms with van der Waals surface area (Å²) in [4.78, 5) is 29.4. The van der Waals surface area contributed by atoms with E-state index in [1.807, 2.05) is 0 Å². The molecule has 96 valence electrons. The van der Waals surface area contributed by atoms with Gasteiger partial charge in [0.1, 0.15) is 0 Å². The minimum Gasteiger partial charge on any atom is -0.478 e. The highest BCUT2D eigenvalue weighted by Gasteiger charge is 1.91. The first-order valence-corrected chi connectivity index (χ1v) is 4.48. The van der Waals surface area contributed by atoms with Gasteiger partial charge in [-0.2, -0.15) is 0 Å². The second-order valence-corrected chi connectivity index (χ2v) is 2.46. The Labute approximate surface area is 97.6 Å². The maximum absolute atomic E-state index is 10.3. The summed E-state index contributed by atoms with van der Waals surface area (Å²) in [7, 11) is 0. The van der Waals surface area contributed by atoms with E-state index in [1.165, 1.54) is 0 Å². The number of aliphatic carboxylic acids is 2. The standard InChI is InChI=1S/C6H10O3.C4H4O4/c1-2-6(8)9-5-3-4-7;5-3(6)1-2-4(7)8/h2,7H,1,3-5H2;1-2H,(H,5,6)(H,7,8). The molecule has 0 saturated heterocycles. The van der Waals surface area contributed by atoms with Crippen LogP contribution < -0.4 is 0 Å². The molecule has 0 spiro atoms. The van der Waals surface area contributed by atoms with Crippen LogP contribution in [0.2, 0.25) is 0 Å². The van der Waals surface area contributed by atoms with E-state index in [9.17, 15) is 14.4 Å². The van der Waals surface area contributed by atoms with Crippen molar-refractivity contribution >= 4 is 17.9 Å². The van der Waals surface area contributed by atoms with Crippen molar-refractivity contribution < 1.29 is 34.4 Å². The predicted octanol–water partition coefficient (Wildman–Crippen LogP) is -0.190. The monoisotopic (exact) mass is 246 g/mol. The lowest BCUT2D eigenvalue weighted by Gasteiger charge is -1.96. The zero-order chi connectivity index (χ0) is 13.7. The molecule has 0 aromatic rings. The molecule has 7 nitrogen and oxygen atoms in total. The number of hydrogen-bond donors (Lipinski definition) is 3. The normalized spacial score (nSPS) is 9.00. The first-order chi connectivity index (χ1) is 7.93. The molecule has 0 amide bonds. The quantitative estimate of drug-likeness (QED) is 0.337. The third-order valence-corrected chi connectivity index (χ3v) is 1.08. The van der Waals surface area contributed by atoms with Crippen LogP contribution in [0, 0.1) is 0 Å². The Hall–Kier alpha value is -2.15. The molecular formula is C10H14O7. The molecule has 17 heavy (non-hydrogen) atoms. The number of carboxylic acids is 2. The molecule has 0 aliphatic heterocycles. The molecule has 0 radical (unpaired) electrons. The first-order valence-electron chi connectivity index (χ1n) is 4.48. The summed E-state index contributed by atoms with van der Waals surface area (Å²) in [6.07, 6.45) is 2.70. The number of aliphatic hydroxyl groups is 1. The topological polar surface area (TPSA) is 121 Å². The molecule has 3 N–H and O–H groups in total. The maximum Gasteiger partial charge on any atom is 0.330 e. The number of hydrogen-bond acceptors (Lipinski definition) is 5. The highest BCUT2D eigenvalue weighted by molar-refractivity contribution is 5.89. The van der Waals surface area contributed by atoms with Gasteiger partial charge in [0.2, 0.25) is 0 Å². The van der Waals surface area contributed by atoms with Gasteiger partial charge < -0.3 is 20.1 Å². The Bertz CT molecular complexity index is 277. The van der Waals surface area contributed by atoms with Gasteiger partial charge in [-0.3, -0.25) is 0 Å². The average molecular weight is 246 g/mol. The van der Waals surface area contributed by atoms with Gasteiger partial charge in [-0.05, 0) is 0 Å². The maximum atomic E-state index is 10.3. The van der Waals surface area contributed by atoms with Gasteiger partial charge in [-0.1, -0.05) is 6.58 Å². The van der Waals surface area contributed by atoms with Gasteiger partial charge >= 0.3 is 17.9 Å². The summed E-state index contributed by atoms with van der Waals surface area (Å²) in [5, 5.41) is 23.9. The Morgan fingerprint density at radius 2 is 1.59 bits per heavy atom. The van der Waals surface area contributed by atoms with E-state index in [2.05, 4.69) is 11.3 Å². The number of ether oxygens (including phenoxy) is 1. The van der Waals surface area contributed by atoms with Crippen molar-refractivity contribution in [2.45, 2.75) is 6.42 Å². The van der Waals surface area contributed by atoms with E-state index < -0.39 is 17.9 Å². The number of aliphatic hydroxyl groups excluding tert-OH is 1. The van der Waals surface area contributed by atoms with Crippen molar-refractivity contribution in [2.75, 3.05) is 13.2 Å². The third kappa shape index (κ3) is 20.0. The fourth-order valence-corrected chi connectivity index (χ4v) is 0.439. The molecule has 0 bridgehead atoms. The highest BCUT2D eigenvalue weighted by atomic mass is 16.5. The van der Waals surface area contributed by atoms with Gasteiger partial charge in [0, 0.05) is 31.3 Å². The highest BCUT2D eigenvalue weighted by Crippen LogP contribution is 1.82. The molecule has 0 unspecified atom stereocenters. The van der Waals surface area contributed by atoms with Crippen LogP contribution in [0.25, 0.3) is 0 Å². The van der Waals surface area contributed by atoms with Crippen LogP contribution in [0.15, 0.2) is 24.8 Å². The molecule has 0 fully saturated rings. The van der Waals surface area contributed by atoms with Gasteiger partial charge in [-0.15, -0.1) is 0 Å². The summed E-state index contributed by atoms with van der Waals surface area (Å²) < 4.78 is 4.51. The SMILES string of the molecule is C=CC(=O)OCCCO.O=C(O)C=CC(=O)O. The zero-order valence-corrected chi connectivity index (χ0v) is 9.04. The summed E-state index contributed by atoms with van der Waals surface area (Å²) in [6.45, 7) is 3.51. The van der Waals surface area contributed by atoms with Crippen molar-refractivity contribution in [1.29, 1.82) is 0 Å². The lowest BCUT2D eigenvalue weighted by atomic mass is 10.5. The molecule has 0 aliphatic carbocycles. The van der Waals surface area contributed by atoms with Crippen molar-refractivity contribution in [3.8, 4) is 0 Å². The van der Waals surface area contributed by atoms with Crippen LogP contribution in [-0.4, -0.2) is 46.4 Å². The van der Waals surface area contributed by atoms with Crippen LogP contribution in [0.4, 0.5) is 0 Å². The minimum absolute atomic E-state index is 0.0461. The summed E-state index contributed by atoms with van der Waals surface area (Å²) >= 11 is 0. The molecular weight excluding hydrogens is 232 g/mol. The second-order valence-electron chi connectivity index (χ2n) is 2.46. The molecule has 0 aromatic carbocycles. The molecule has 0 heterocycles. The number of esters is 1. The Morgan fingerprint density at radius 1 is 1.12 bits per heavy atom. The Morgan fingerprint density at radius 3 is 1.88 bits per heavy atom. The number of rotatable bonds is 6. The average Bonchev–Trinajstić information content (AvgIpc) is 2.27. The van der Waals surface area contributed by atoms with Crippen LogP contribution >= 0.6 is 0 Å². The molecule has 0 rings (SSSR count). The van der Waals surface area contributed by atoms with E-state index >= 15 is 0 Å². The first kappa shape index (κ1) is 17.3. The molecule has 0 atom stereocenters. The summed E-state index contributed by atoms with van der Waals surface area (Å²) in [5.41, 5.74) is 0. The van der Waals surface area contributed by atoms with E-state index in [0.717, 1.165) is 6.08 Å².